The molecule has 1 nitrogen and oxygen atoms in total. The van der Waals surface area contributed by atoms with Gasteiger partial charge in [-0.1, -0.05) is 59.1 Å². The van der Waals surface area contributed by atoms with Gasteiger partial charge in [0.1, 0.15) is 5.82 Å². The van der Waals surface area contributed by atoms with Gasteiger partial charge in [-0.2, -0.15) is 0 Å². The van der Waals surface area contributed by atoms with Crippen LogP contribution in [-0.4, -0.2) is 5.11 Å². The third-order valence-corrected chi connectivity index (χ3v) is 4.04. The third kappa shape index (κ3) is 3.21. The van der Waals surface area contributed by atoms with E-state index >= 15 is 0 Å². The lowest BCUT2D eigenvalue weighted by Gasteiger charge is -2.14. The Kier molecular flexibility index (Phi) is 4.69. The number of benzene rings is 2. The Morgan fingerprint density at radius 2 is 1.68 bits per heavy atom. The van der Waals surface area contributed by atoms with Crippen LogP contribution >= 0.6 is 34.8 Å². The topological polar surface area (TPSA) is 20.2 Å². The zero-order valence-electron chi connectivity index (χ0n) is 9.71. The molecule has 0 radical (unpaired) electrons. The summed E-state index contributed by atoms with van der Waals surface area (Å²) in [7, 11) is 0. The van der Waals surface area contributed by atoms with Crippen molar-refractivity contribution >= 4 is 34.8 Å². The van der Waals surface area contributed by atoms with Crippen molar-refractivity contribution in [3.8, 4) is 0 Å². The van der Waals surface area contributed by atoms with Crippen molar-refractivity contribution in [2.24, 2.45) is 0 Å². The van der Waals surface area contributed by atoms with Gasteiger partial charge in [-0.3, -0.25) is 0 Å². The largest absolute Gasteiger partial charge is 0.388 e. The summed E-state index contributed by atoms with van der Waals surface area (Å²) in [6.07, 6.45) is -0.734. The first-order chi connectivity index (χ1) is 9.00. The minimum atomic E-state index is -0.898. The van der Waals surface area contributed by atoms with E-state index in [1.807, 2.05) is 0 Å². The molecule has 0 saturated heterocycles. The average molecular weight is 320 g/mol. The summed E-state index contributed by atoms with van der Waals surface area (Å²) < 4.78 is 13.3. The quantitative estimate of drug-likeness (QED) is 0.838. The molecular formula is C14H10Cl3FO. The van der Waals surface area contributed by atoms with E-state index < -0.39 is 11.9 Å². The fraction of sp³-hybridized carbons (Fsp3) is 0.143. The second kappa shape index (κ2) is 6.10. The summed E-state index contributed by atoms with van der Waals surface area (Å²) >= 11 is 17.8. The molecule has 0 aliphatic rings. The Bertz CT molecular complexity index is 601. The molecule has 1 atom stereocenters. The average Bonchev–Trinajstić information content (AvgIpc) is 2.38. The van der Waals surface area contributed by atoms with Crippen LogP contribution in [0.25, 0.3) is 0 Å². The molecule has 0 fully saturated rings. The molecule has 0 saturated carbocycles. The maximum atomic E-state index is 13.3. The van der Waals surface area contributed by atoms with Gasteiger partial charge in [-0.15, -0.1) is 0 Å². The van der Waals surface area contributed by atoms with E-state index in [1.54, 1.807) is 30.3 Å². The molecule has 1 N–H and O–H groups in total. The van der Waals surface area contributed by atoms with Crippen LogP contribution in [0.5, 0.6) is 0 Å². The van der Waals surface area contributed by atoms with Crippen LogP contribution in [0.1, 0.15) is 17.2 Å². The van der Waals surface area contributed by atoms with Gasteiger partial charge in [0, 0.05) is 12.0 Å². The monoisotopic (exact) mass is 318 g/mol. The lowest BCUT2D eigenvalue weighted by molar-refractivity contribution is 0.178. The van der Waals surface area contributed by atoms with Gasteiger partial charge in [0.05, 0.1) is 21.2 Å². The van der Waals surface area contributed by atoms with Gasteiger partial charge in [0.25, 0.3) is 0 Å². The molecule has 100 valence electrons. The van der Waals surface area contributed by atoms with Crippen LogP contribution in [0.3, 0.4) is 0 Å². The number of aliphatic hydroxyl groups excluding tert-OH is 1. The van der Waals surface area contributed by atoms with Crippen LogP contribution < -0.4 is 0 Å². The Morgan fingerprint density at radius 1 is 1.00 bits per heavy atom. The highest BCUT2D eigenvalue weighted by Crippen LogP contribution is 2.32. The Morgan fingerprint density at radius 3 is 2.42 bits per heavy atom. The van der Waals surface area contributed by atoms with Crippen molar-refractivity contribution in [1.82, 2.24) is 0 Å². The summed E-state index contributed by atoms with van der Waals surface area (Å²) in [4.78, 5) is 0. The summed E-state index contributed by atoms with van der Waals surface area (Å²) in [5, 5.41) is 10.8. The van der Waals surface area contributed by atoms with Gasteiger partial charge in [0.2, 0.25) is 0 Å². The van der Waals surface area contributed by atoms with Crippen molar-refractivity contribution in [3.05, 3.63) is 68.4 Å². The molecule has 0 heterocycles. The molecule has 0 bridgehead atoms. The first-order valence-electron chi connectivity index (χ1n) is 5.55. The summed E-state index contributed by atoms with van der Waals surface area (Å²) in [5.74, 6) is -0.511. The van der Waals surface area contributed by atoms with Crippen LogP contribution in [0, 0.1) is 5.82 Å². The van der Waals surface area contributed by atoms with Crippen molar-refractivity contribution in [3.63, 3.8) is 0 Å². The minimum absolute atomic E-state index is 0.0136. The van der Waals surface area contributed by atoms with Gasteiger partial charge in [0.15, 0.2) is 0 Å². The molecule has 2 aromatic carbocycles. The van der Waals surface area contributed by atoms with E-state index in [-0.39, 0.29) is 11.4 Å². The first kappa shape index (κ1) is 14.6. The van der Waals surface area contributed by atoms with E-state index in [4.69, 9.17) is 34.8 Å². The Labute approximate surface area is 125 Å². The molecule has 2 rings (SSSR count). The van der Waals surface area contributed by atoms with Crippen molar-refractivity contribution < 1.29 is 9.50 Å². The maximum Gasteiger partial charge on any atom is 0.142 e. The standard InChI is InChI=1S/C14H10Cl3FO/c15-10-5-2-4-9(14(10)17)12(19)7-8-3-1-6-11(18)13(8)16/h1-6,12,19H,7H2. The lowest BCUT2D eigenvalue weighted by Crippen LogP contribution is -2.04. The lowest BCUT2D eigenvalue weighted by atomic mass is 10.0. The molecular weight excluding hydrogens is 310 g/mol. The highest BCUT2D eigenvalue weighted by Gasteiger charge is 2.16. The Balaban J connectivity index is 2.28. The molecule has 0 amide bonds. The van der Waals surface area contributed by atoms with E-state index in [0.29, 0.717) is 21.2 Å². The molecule has 0 aliphatic carbocycles. The van der Waals surface area contributed by atoms with Crippen LogP contribution in [-0.2, 0) is 6.42 Å². The molecule has 0 aliphatic heterocycles. The predicted molar refractivity (Wildman–Crippen MR) is 76.5 cm³/mol. The normalized spacial score (nSPS) is 12.5. The van der Waals surface area contributed by atoms with Gasteiger partial charge in [-0.25, -0.2) is 4.39 Å². The van der Waals surface area contributed by atoms with Crippen LogP contribution in [0.15, 0.2) is 36.4 Å². The minimum Gasteiger partial charge on any atom is -0.388 e. The molecule has 0 spiro atoms. The number of halogens is 4. The van der Waals surface area contributed by atoms with E-state index in [1.165, 1.54) is 6.07 Å². The van der Waals surface area contributed by atoms with Crippen molar-refractivity contribution in [1.29, 1.82) is 0 Å². The second-order valence-electron chi connectivity index (χ2n) is 4.08. The summed E-state index contributed by atoms with van der Waals surface area (Å²) in [6.45, 7) is 0. The fourth-order valence-corrected chi connectivity index (χ4v) is 2.44. The highest BCUT2D eigenvalue weighted by atomic mass is 35.5. The zero-order chi connectivity index (χ0) is 14.0. The Hall–Kier alpha value is -0.800. The number of rotatable bonds is 3. The molecule has 5 heteroatoms. The predicted octanol–water partition coefficient (Wildman–Crippen LogP) is 5.06. The zero-order valence-corrected chi connectivity index (χ0v) is 12.0. The maximum absolute atomic E-state index is 13.3. The third-order valence-electron chi connectivity index (χ3n) is 2.79. The highest BCUT2D eigenvalue weighted by molar-refractivity contribution is 6.42. The molecule has 0 aromatic heterocycles. The molecule has 2 aromatic rings. The van der Waals surface area contributed by atoms with Crippen molar-refractivity contribution in [2.75, 3.05) is 0 Å². The fourth-order valence-electron chi connectivity index (χ4n) is 1.80. The first-order valence-corrected chi connectivity index (χ1v) is 6.69. The SMILES string of the molecule is OC(Cc1cccc(F)c1Cl)c1cccc(Cl)c1Cl. The van der Waals surface area contributed by atoms with E-state index in [9.17, 15) is 9.50 Å². The van der Waals surface area contributed by atoms with E-state index in [2.05, 4.69) is 0 Å². The smallest absolute Gasteiger partial charge is 0.142 e. The molecule has 1 unspecified atom stereocenters. The number of hydrogen-bond donors (Lipinski definition) is 1. The van der Waals surface area contributed by atoms with Gasteiger partial charge >= 0.3 is 0 Å². The van der Waals surface area contributed by atoms with Crippen LogP contribution in [0.2, 0.25) is 15.1 Å². The van der Waals surface area contributed by atoms with Crippen LogP contribution in [0.4, 0.5) is 4.39 Å². The van der Waals surface area contributed by atoms with Gasteiger partial charge < -0.3 is 5.11 Å². The number of hydrogen-bond acceptors (Lipinski definition) is 1. The van der Waals surface area contributed by atoms with Gasteiger partial charge in [-0.05, 0) is 17.7 Å². The van der Waals surface area contributed by atoms with Crippen molar-refractivity contribution in [2.45, 2.75) is 12.5 Å². The summed E-state index contributed by atoms with van der Waals surface area (Å²) in [6, 6.07) is 9.47. The van der Waals surface area contributed by atoms with E-state index in [0.717, 1.165) is 0 Å². The number of aliphatic hydroxyl groups is 1. The molecule has 19 heavy (non-hydrogen) atoms. The summed E-state index contributed by atoms with van der Waals surface area (Å²) in [5.41, 5.74) is 1.01. The second-order valence-corrected chi connectivity index (χ2v) is 5.24.